The Bertz CT molecular complexity index is 559. The van der Waals surface area contributed by atoms with Crippen LogP contribution in [0.1, 0.15) is 49.9 Å². The van der Waals surface area contributed by atoms with Gasteiger partial charge in [0.2, 0.25) is 0 Å². The third-order valence-electron chi connectivity index (χ3n) is 4.06. The van der Waals surface area contributed by atoms with Gasteiger partial charge in [-0.05, 0) is 43.7 Å². The second kappa shape index (κ2) is 8.34. The lowest BCUT2D eigenvalue weighted by Gasteiger charge is -2.23. The fourth-order valence-corrected chi connectivity index (χ4v) is 3.02. The summed E-state index contributed by atoms with van der Waals surface area (Å²) in [5.74, 6) is 0.0994. The number of esters is 1. The molecule has 0 N–H and O–H groups in total. The van der Waals surface area contributed by atoms with Crippen molar-refractivity contribution in [1.29, 1.82) is 0 Å². The molecule has 1 heterocycles. The molecule has 1 atom stereocenters. The molecule has 126 valence electrons. The zero-order chi connectivity index (χ0) is 16.8. The van der Waals surface area contributed by atoms with Crippen molar-refractivity contribution < 1.29 is 14.3 Å². The van der Waals surface area contributed by atoms with Crippen LogP contribution in [0.4, 0.5) is 0 Å². The molecule has 0 bridgehead atoms. The van der Waals surface area contributed by atoms with Gasteiger partial charge in [-0.25, -0.2) is 4.79 Å². The summed E-state index contributed by atoms with van der Waals surface area (Å²) in [6, 6.07) is 6.44. The number of carbonyl (C=O) groups excluding carboxylic acids is 2. The lowest BCUT2D eigenvalue weighted by atomic mass is 10.1. The summed E-state index contributed by atoms with van der Waals surface area (Å²) in [4.78, 5) is 26.5. The minimum atomic E-state index is -0.488. The fourth-order valence-electron chi connectivity index (χ4n) is 2.80. The van der Waals surface area contributed by atoms with Crippen LogP contribution in [0.5, 0.6) is 0 Å². The maximum Gasteiger partial charge on any atom is 0.328 e. The lowest BCUT2D eigenvalue weighted by Crippen LogP contribution is -2.41. The van der Waals surface area contributed by atoms with Gasteiger partial charge in [0.05, 0.1) is 17.2 Å². The first-order chi connectivity index (χ1) is 11.0. The molecule has 1 aliphatic rings. The normalized spacial score (nSPS) is 17.6. The molecule has 4 nitrogen and oxygen atoms in total. The molecular weight excluding hydrogens is 314 g/mol. The molecule has 2 rings (SSSR count). The van der Waals surface area contributed by atoms with Crippen molar-refractivity contribution in [3.05, 3.63) is 34.9 Å². The average molecular weight is 338 g/mol. The highest BCUT2D eigenvalue weighted by molar-refractivity contribution is 6.33. The summed E-state index contributed by atoms with van der Waals surface area (Å²) in [7, 11) is 0. The molecule has 0 spiro atoms. The monoisotopic (exact) mass is 337 g/mol. The van der Waals surface area contributed by atoms with Crippen LogP contribution in [0, 0.1) is 5.92 Å². The molecule has 1 aliphatic heterocycles. The van der Waals surface area contributed by atoms with E-state index < -0.39 is 6.04 Å². The first-order valence-electron chi connectivity index (χ1n) is 8.23. The Kier molecular flexibility index (Phi) is 6.46. The largest absolute Gasteiger partial charge is 0.464 e. The van der Waals surface area contributed by atoms with E-state index in [1.807, 2.05) is 0 Å². The Labute approximate surface area is 142 Å². The van der Waals surface area contributed by atoms with Gasteiger partial charge in [0.15, 0.2) is 0 Å². The van der Waals surface area contributed by atoms with Crippen molar-refractivity contribution >= 4 is 23.5 Å². The van der Waals surface area contributed by atoms with Gasteiger partial charge in [0, 0.05) is 6.54 Å². The van der Waals surface area contributed by atoms with Gasteiger partial charge in [-0.15, -0.1) is 0 Å². The second-order valence-corrected chi connectivity index (χ2v) is 6.75. The Balaban J connectivity index is 1.95. The molecule has 1 amide bonds. The van der Waals surface area contributed by atoms with E-state index in [4.69, 9.17) is 16.3 Å². The maximum absolute atomic E-state index is 12.6. The van der Waals surface area contributed by atoms with Crippen LogP contribution < -0.4 is 0 Å². The number of hydrogen-bond acceptors (Lipinski definition) is 3. The molecular formula is C18H24ClNO3. The Morgan fingerprint density at radius 3 is 2.78 bits per heavy atom. The van der Waals surface area contributed by atoms with Crippen LogP contribution in [0.3, 0.4) is 0 Å². The first kappa shape index (κ1) is 17.8. The number of hydrogen-bond donors (Lipinski definition) is 0. The SMILES string of the molecule is CC(C)CCCOC(=O)C1CCCN1C(=O)c1ccccc1Cl. The fraction of sp³-hybridized carbons (Fsp3) is 0.556. The van der Waals surface area contributed by atoms with E-state index in [0.29, 0.717) is 36.1 Å². The number of amides is 1. The predicted octanol–water partition coefficient (Wildman–Crippen LogP) is 3.92. The topological polar surface area (TPSA) is 46.6 Å². The molecule has 0 aromatic heterocycles. The van der Waals surface area contributed by atoms with E-state index in [9.17, 15) is 9.59 Å². The molecule has 0 aliphatic carbocycles. The summed E-state index contributed by atoms with van der Waals surface area (Å²) in [5, 5.41) is 0.411. The van der Waals surface area contributed by atoms with Crippen molar-refractivity contribution in [2.45, 2.75) is 45.6 Å². The molecule has 5 heteroatoms. The Hall–Kier alpha value is -1.55. The van der Waals surface area contributed by atoms with Gasteiger partial charge < -0.3 is 9.64 Å². The smallest absolute Gasteiger partial charge is 0.328 e. The van der Waals surface area contributed by atoms with E-state index in [0.717, 1.165) is 19.3 Å². The summed E-state index contributed by atoms with van der Waals surface area (Å²) in [6.45, 7) is 5.27. The third kappa shape index (κ3) is 4.71. The van der Waals surface area contributed by atoms with E-state index in [1.54, 1.807) is 29.2 Å². The minimum Gasteiger partial charge on any atom is -0.464 e. The van der Waals surface area contributed by atoms with Gasteiger partial charge in [-0.2, -0.15) is 0 Å². The molecule has 1 aromatic carbocycles. The van der Waals surface area contributed by atoms with E-state index in [1.165, 1.54) is 0 Å². The second-order valence-electron chi connectivity index (χ2n) is 6.34. The summed E-state index contributed by atoms with van der Waals surface area (Å²) < 4.78 is 5.36. The zero-order valence-corrected chi connectivity index (χ0v) is 14.5. The van der Waals surface area contributed by atoms with Gasteiger partial charge in [0.1, 0.15) is 6.04 Å². The van der Waals surface area contributed by atoms with Crippen LogP contribution in [0.15, 0.2) is 24.3 Å². The molecule has 1 fully saturated rings. The number of carbonyl (C=O) groups is 2. The average Bonchev–Trinajstić information content (AvgIpc) is 3.00. The molecule has 0 radical (unpaired) electrons. The number of rotatable bonds is 6. The zero-order valence-electron chi connectivity index (χ0n) is 13.8. The van der Waals surface area contributed by atoms with Crippen LogP contribution >= 0.6 is 11.6 Å². The van der Waals surface area contributed by atoms with Crippen molar-refractivity contribution in [3.8, 4) is 0 Å². The summed E-state index contributed by atoms with van der Waals surface area (Å²) in [6.07, 6.45) is 3.34. The highest BCUT2D eigenvalue weighted by atomic mass is 35.5. The number of halogens is 1. The van der Waals surface area contributed by atoms with Crippen molar-refractivity contribution in [3.63, 3.8) is 0 Å². The molecule has 0 saturated carbocycles. The quantitative estimate of drug-likeness (QED) is 0.583. The van der Waals surface area contributed by atoms with E-state index in [-0.39, 0.29) is 11.9 Å². The number of ether oxygens (including phenoxy) is 1. The maximum atomic E-state index is 12.6. The molecule has 23 heavy (non-hydrogen) atoms. The van der Waals surface area contributed by atoms with Gasteiger partial charge in [0.25, 0.3) is 5.91 Å². The summed E-state index contributed by atoms with van der Waals surface area (Å²) in [5.41, 5.74) is 0.439. The minimum absolute atomic E-state index is 0.197. The lowest BCUT2D eigenvalue weighted by molar-refractivity contribution is -0.148. The highest BCUT2D eigenvalue weighted by Gasteiger charge is 2.36. The van der Waals surface area contributed by atoms with Gasteiger partial charge in [-0.3, -0.25) is 4.79 Å². The van der Waals surface area contributed by atoms with Crippen LogP contribution in [0.25, 0.3) is 0 Å². The first-order valence-corrected chi connectivity index (χ1v) is 8.60. The highest BCUT2D eigenvalue weighted by Crippen LogP contribution is 2.24. The number of benzene rings is 1. The van der Waals surface area contributed by atoms with Gasteiger partial charge >= 0.3 is 5.97 Å². The Morgan fingerprint density at radius 1 is 1.35 bits per heavy atom. The van der Waals surface area contributed by atoms with Gasteiger partial charge in [-0.1, -0.05) is 37.6 Å². The third-order valence-corrected chi connectivity index (χ3v) is 4.39. The molecule has 1 unspecified atom stereocenters. The molecule has 1 aromatic rings. The molecule has 1 saturated heterocycles. The van der Waals surface area contributed by atoms with E-state index >= 15 is 0 Å². The van der Waals surface area contributed by atoms with Crippen LogP contribution in [-0.4, -0.2) is 36.0 Å². The van der Waals surface area contributed by atoms with Crippen molar-refractivity contribution in [1.82, 2.24) is 4.90 Å². The number of likely N-dealkylation sites (tertiary alicyclic amines) is 1. The van der Waals surface area contributed by atoms with E-state index in [2.05, 4.69) is 13.8 Å². The van der Waals surface area contributed by atoms with Crippen molar-refractivity contribution in [2.24, 2.45) is 5.92 Å². The van der Waals surface area contributed by atoms with Crippen molar-refractivity contribution in [2.75, 3.05) is 13.2 Å². The number of nitrogens with zero attached hydrogens (tertiary/aromatic N) is 1. The predicted molar refractivity (Wildman–Crippen MR) is 90.5 cm³/mol. The van der Waals surface area contributed by atoms with Crippen LogP contribution in [0.2, 0.25) is 5.02 Å². The summed E-state index contributed by atoms with van der Waals surface area (Å²) >= 11 is 6.09. The van der Waals surface area contributed by atoms with Crippen LogP contribution in [-0.2, 0) is 9.53 Å². The standard InChI is InChI=1S/C18H24ClNO3/c1-13(2)7-6-12-23-18(22)16-10-5-11-20(16)17(21)14-8-3-4-9-15(14)19/h3-4,8-9,13,16H,5-7,10-12H2,1-2H3. The Morgan fingerprint density at radius 2 is 2.09 bits per heavy atom.